The summed E-state index contributed by atoms with van der Waals surface area (Å²) >= 11 is 0. The molecule has 0 aliphatic heterocycles. The Bertz CT molecular complexity index is 472. The lowest BCUT2D eigenvalue weighted by Gasteiger charge is -2.30. The summed E-state index contributed by atoms with van der Waals surface area (Å²) in [5.74, 6) is 0. The van der Waals surface area contributed by atoms with Crippen molar-refractivity contribution in [3.8, 4) is 6.07 Å². The summed E-state index contributed by atoms with van der Waals surface area (Å²) in [6, 6.07) is 7.47. The molecule has 0 aromatic heterocycles. The Kier molecular flexibility index (Phi) is 3.44. The van der Waals surface area contributed by atoms with Crippen LogP contribution in [0.5, 0.6) is 0 Å². The predicted octanol–water partition coefficient (Wildman–Crippen LogP) is 1.88. The SMILES string of the molecule is CN(CC1(O)CCCC1)c1ccc(N)c(C#N)c1. The van der Waals surface area contributed by atoms with Crippen molar-refractivity contribution in [1.82, 2.24) is 0 Å². The highest BCUT2D eigenvalue weighted by Crippen LogP contribution is 2.31. The Balaban J connectivity index is 2.14. The van der Waals surface area contributed by atoms with Gasteiger partial charge in [-0.3, -0.25) is 0 Å². The van der Waals surface area contributed by atoms with Crippen LogP contribution in [0.1, 0.15) is 31.2 Å². The van der Waals surface area contributed by atoms with Gasteiger partial charge in [-0.2, -0.15) is 5.26 Å². The molecule has 1 aromatic carbocycles. The van der Waals surface area contributed by atoms with Crippen LogP contribution in [0, 0.1) is 11.3 Å². The summed E-state index contributed by atoms with van der Waals surface area (Å²) in [6.07, 6.45) is 3.90. The van der Waals surface area contributed by atoms with Crippen molar-refractivity contribution in [1.29, 1.82) is 5.26 Å². The normalized spacial score (nSPS) is 17.4. The molecule has 0 heterocycles. The van der Waals surface area contributed by atoms with E-state index < -0.39 is 5.60 Å². The molecule has 3 N–H and O–H groups in total. The van der Waals surface area contributed by atoms with Crippen LogP contribution in [0.25, 0.3) is 0 Å². The number of rotatable bonds is 3. The van der Waals surface area contributed by atoms with Crippen molar-refractivity contribution in [2.75, 3.05) is 24.2 Å². The minimum atomic E-state index is -0.580. The van der Waals surface area contributed by atoms with Crippen LogP contribution in [0.4, 0.5) is 11.4 Å². The molecule has 0 spiro atoms. The van der Waals surface area contributed by atoms with E-state index in [0.717, 1.165) is 31.4 Å². The zero-order valence-electron chi connectivity index (χ0n) is 10.7. The van der Waals surface area contributed by atoms with Gasteiger partial charge >= 0.3 is 0 Å². The highest BCUT2D eigenvalue weighted by atomic mass is 16.3. The molecule has 0 atom stereocenters. The summed E-state index contributed by atoms with van der Waals surface area (Å²) in [6.45, 7) is 0.599. The summed E-state index contributed by atoms with van der Waals surface area (Å²) < 4.78 is 0. The fourth-order valence-electron chi connectivity index (χ4n) is 2.60. The molecule has 1 aliphatic rings. The van der Waals surface area contributed by atoms with Crippen LogP contribution in [0.15, 0.2) is 18.2 Å². The van der Waals surface area contributed by atoms with Gasteiger partial charge in [-0.15, -0.1) is 0 Å². The third kappa shape index (κ3) is 2.57. The van der Waals surface area contributed by atoms with Gasteiger partial charge < -0.3 is 15.7 Å². The van der Waals surface area contributed by atoms with Crippen LogP contribution >= 0.6 is 0 Å². The number of nitrogens with zero attached hydrogens (tertiary/aromatic N) is 2. The lowest BCUT2D eigenvalue weighted by molar-refractivity contribution is 0.0559. The number of nitrogen functional groups attached to an aromatic ring is 1. The van der Waals surface area contributed by atoms with Crippen LogP contribution in [-0.2, 0) is 0 Å². The van der Waals surface area contributed by atoms with Gasteiger partial charge in [-0.25, -0.2) is 0 Å². The second-order valence-electron chi connectivity index (χ2n) is 5.17. The molecule has 96 valence electrons. The molecule has 4 heteroatoms. The number of aliphatic hydroxyl groups is 1. The first-order chi connectivity index (χ1) is 8.54. The standard InChI is InChI=1S/C14H19N3O/c1-17(10-14(18)6-2-3-7-14)12-4-5-13(16)11(8-12)9-15/h4-5,8,18H,2-3,6-7,10,16H2,1H3. The third-order valence-electron chi connectivity index (χ3n) is 3.66. The first-order valence-electron chi connectivity index (χ1n) is 6.27. The van der Waals surface area contributed by atoms with Gasteiger partial charge in [0, 0.05) is 25.0 Å². The lowest BCUT2D eigenvalue weighted by atomic mass is 10.0. The van der Waals surface area contributed by atoms with Crippen LogP contribution in [-0.4, -0.2) is 24.3 Å². The van der Waals surface area contributed by atoms with Crippen molar-refractivity contribution in [2.45, 2.75) is 31.3 Å². The first-order valence-corrected chi connectivity index (χ1v) is 6.27. The largest absolute Gasteiger partial charge is 0.398 e. The summed E-state index contributed by atoms with van der Waals surface area (Å²) in [7, 11) is 1.93. The topological polar surface area (TPSA) is 73.3 Å². The van der Waals surface area contributed by atoms with Crippen molar-refractivity contribution >= 4 is 11.4 Å². The molecular formula is C14H19N3O. The molecule has 18 heavy (non-hydrogen) atoms. The van der Waals surface area contributed by atoms with Crippen molar-refractivity contribution in [2.24, 2.45) is 0 Å². The molecule has 4 nitrogen and oxygen atoms in total. The molecule has 0 unspecified atom stereocenters. The van der Waals surface area contributed by atoms with E-state index in [-0.39, 0.29) is 0 Å². The number of hydrogen-bond donors (Lipinski definition) is 2. The first kappa shape index (κ1) is 12.7. The van der Waals surface area contributed by atoms with E-state index in [2.05, 4.69) is 6.07 Å². The lowest BCUT2D eigenvalue weighted by Crippen LogP contribution is -2.39. The minimum absolute atomic E-state index is 0.484. The fourth-order valence-corrected chi connectivity index (χ4v) is 2.60. The second-order valence-corrected chi connectivity index (χ2v) is 5.17. The molecule has 1 fully saturated rings. The Hall–Kier alpha value is -1.73. The summed E-state index contributed by atoms with van der Waals surface area (Å²) in [5, 5.41) is 19.3. The molecule has 0 radical (unpaired) electrons. The summed E-state index contributed by atoms with van der Waals surface area (Å²) in [5.41, 5.74) is 7.02. The van der Waals surface area contributed by atoms with Crippen molar-refractivity contribution < 1.29 is 5.11 Å². The quantitative estimate of drug-likeness (QED) is 0.797. The average molecular weight is 245 g/mol. The van der Waals surface area contributed by atoms with Crippen LogP contribution < -0.4 is 10.6 Å². The van der Waals surface area contributed by atoms with Gasteiger partial charge in [0.2, 0.25) is 0 Å². The average Bonchev–Trinajstić information content (AvgIpc) is 2.76. The number of anilines is 2. The monoisotopic (exact) mass is 245 g/mol. The van der Waals surface area contributed by atoms with E-state index in [1.54, 1.807) is 12.1 Å². The van der Waals surface area contributed by atoms with Gasteiger partial charge in [0.1, 0.15) is 6.07 Å². The van der Waals surface area contributed by atoms with E-state index >= 15 is 0 Å². The van der Waals surface area contributed by atoms with E-state index in [1.807, 2.05) is 18.0 Å². The molecule has 0 amide bonds. The second kappa shape index (κ2) is 4.87. The zero-order chi connectivity index (χ0) is 13.2. The molecule has 1 aliphatic carbocycles. The number of benzene rings is 1. The maximum absolute atomic E-state index is 10.4. The van der Waals surface area contributed by atoms with Gasteiger partial charge in [-0.05, 0) is 31.0 Å². The van der Waals surface area contributed by atoms with Gasteiger partial charge in [0.05, 0.1) is 11.2 Å². The fraction of sp³-hybridized carbons (Fsp3) is 0.500. The Labute approximate surface area is 108 Å². The van der Waals surface area contributed by atoms with Crippen molar-refractivity contribution in [3.63, 3.8) is 0 Å². The van der Waals surface area contributed by atoms with Crippen LogP contribution in [0.2, 0.25) is 0 Å². The maximum Gasteiger partial charge on any atom is 0.101 e. The van der Waals surface area contributed by atoms with Crippen molar-refractivity contribution in [3.05, 3.63) is 23.8 Å². The highest BCUT2D eigenvalue weighted by molar-refractivity contribution is 5.62. The Morgan fingerprint density at radius 1 is 1.44 bits per heavy atom. The third-order valence-corrected chi connectivity index (χ3v) is 3.66. The van der Waals surface area contributed by atoms with Gasteiger partial charge in [-0.1, -0.05) is 12.8 Å². The number of nitrogens with two attached hydrogens (primary N) is 1. The molecule has 2 rings (SSSR count). The minimum Gasteiger partial charge on any atom is -0.398 e. The van der Waals surface area contributed by atoms with E-state index in [0.29, 0.717) is 17.8 Å². The Morgan fingerprint density at radius 3 is 2.72 bits per heavy atom. The van der Waals surface area contributed by atoms with E-state index in [1.165, 1.54) is 0 Å². The maximum atomic E-state index is 10.4. The predicted molar refractivity (Wildman–Crippen MR) is 72.3 cm³/mol. The highest BCUT2D eigenvalue weighted by Gasteiger charge is 2.32. The van der Waals surface area contributed by atoms with E-state index in [9.17, 15) is 5.11 Å². The van der Waals surface area contributed by atoms with Gasteiger partial charge in [0.15, 0.2) is 0 Å². The molecular weight excluding hydrogens is 226 g/mol. The number of hydrogen-bond acceptors (Lipinski definition) is 4. The summed E-state index contributed by atoms with van der Waals surface area (Å²) in [4.78, 5) is 1.99. The number of nitriles is 1. The molecule has 0 bridgehead atoms. The zero-order valence-corrected chi connectivity index (χ0v) is 10.7. The number of likely N-dealkylation sites (N-methyl/N-ethyl adjacent to an activating group) is 1. The molecule has 1 aromatic rings. The van der Waals surface area contributed by atoms with E-state index in [4.69, 9.17) is 11.0 Å². The smallest absolute Gasteiger partial charge is 0.101 e. The molecule has 0 saturated heterocycles. The van der Waals surface area contributed by atoms with Gasteiger partial charge in [0.25, 0.3) is 0 Å². The Morgan fingerprint density at radius 2 is 2.11 bits per heavy atom. The van der Waals surface area contributed by atoms with Crippen LogP contribution in [0.3, 0.4) is 0 Å². The molecule has 1 saturated carbocycles.